The highest BCUT2D eigenvalue weighted by Gasteiger charge is 2.30. The molecule has 1 aliphatic heterocycles. The number of allylic oxidation sites excluding steroid dienone is 1. The highest BCUT2D eigenvalue weighted by atomic mass is 35.5. The Morgan fingerprint density at radius 3 is 2.56 bits per heavy atom. The smallest absolute Gasteiger partial charge is 0.137 e. The molecule has 0 saturated heterocycles. The van der Waals surface area contributed by atoms with Gasteiger partial charge in [0.05, 0.1) is 23.4 Å². The van der Waals surface area contributed by atoms with Gasteiger partial charge in [0, 0.05) is 24.0 Å². The Morgan fingerprint density at radius 1 is 1.19 bits per heavy atom. The predicted molar refractivity (Wildman–Crippen MR) is 117 cm³/mol. The first-order valence-electron chi connectivity index (χ1n) is 9.26. The normalized spacial score (nSPS) is 15.7. The maximum Gasteiger partial charge on any atom is 0.137 e. The Bertz CT molecular complexity index is 928. The molecule has 0 aromatic heterocycles. The molecule has 1 heterocycles. The Labute approximate surface area is 167 Å². The molecule has 0 bridgehead atoms. The molecule has 2 aromatic rings. The van der Waals surface area contributed by atoms with E-state index in [0.717, 1.165) is 17.8 Å². The lowest BCUT2D eigenvalue weighted by Gasteiger charge is -2.43. The molecule has 0 N–H and O–H groups in total. The van der Waals surface area contributed by atoms with Gasteiger partial charge in [-0.25, -0.2) is 0 Å². The molecule has 0 saturated carbocycles. The average molecular weight is 383 g/mol. The molecule has 0 unspecified atom stereocenters. The molecule has 4 heteroatoms. The van der Waals surface area contributed by atoms with Crippen molar-refractivity contribution in [3.63, 3.8) is 0 Å². The fraction of sp³-hybridized carbons (Fsp3) is 0.348. The van der Waals surface area contributed by atoms with Crippen molar-refractivity contribution in [2.45, 2.75) is 40.2 Å². The molecule has 3 rings (SSSR count). The van der Waals surface area contributed by atoms with E-state index < -0.39 is 0 Å². The van der Waals surface area contributed by atoms with Crippen LogP contribution >= 0.6 is 11.6 Å². The topological polar surface area (TPSA) is 24.8 Å². The summed E-state index contributed by atoms with van der Waals surface area (Å²) in [6.07, 6.45) is 4.26. The van der Waals surface area contributed by atoms with Gasteiger partial charge in [-0.15, -0.1) is 0 Å². The third kappa shape index (κ3) is 3.74. The zero-order chi connectivity index (χ0) is 19.8. The summed E-state index contributed by atoms with van der Waals surface area (Å²) in [6, 6.07) is 10.1. The summed E-state index contributed by atoms with van der Waals surface area (Å²) in [6.45, 7) is 12.0. The number of benzene rings is 2. The minimum Gasteiger partial charge on any atom is -0.495 e. The number of aliphatic imine (C=N–C) groups is 1. The van der Waals surface area contributed by atoms with E-state index in [9.17, 15) is 0 Å². The van der Waals surface area contributed by atoms with Crippen LogP contribution in [0.2, 0.25) is 5.02 Å². The van der Waals surface area contributed by atoms with Crippen molar-refractivity contribution < 1.29 is 4.74 Å². The van der Waals surface area contributed by atoms with Gasteiger partial charge in [-0.1, -0.05) is 17.7 Å². The van der Waals surface area contributed by atoms with Crippen molar-refractivity contribution in [3.05, 3.63) is 58.1 Å². The highest BCUT2D eigenvalue weighted by molar-refractivity contribution is 6.32. The molecular formula is C23H27ClN2O. The first kappa shape index (κ1) is 19.5. The van der Waals surface area contributed by atoms with Crippen LogP contribution in [-0.2, 0) is 0 Å². The van der Waals surface area contributed by atoms with Crippen LogP contribution in [0.3, 0.4) is 0 Å². The number of aryl methyl sites for hydroxylation is 1. The van der Waals surface area contributed by atoms with Crippen molar-refractivity contribution in [1.82, 2.24) is 0 Å². The van der Waals surface area contributed by atoms with E-state index in [0.29, 0.717) is 10.8 Å². The monoisotopic (exact) mass is 382 g/mol. The van der Waals surface area contributed by atoms with Crippen molar-refractivity contribution in [2.75, 3.05) is 18.6 Å². The quantitative estimate of drug-likeness (QED) is 0.569. The molecule has 0 radical (unpaired) electrons. The average Bonchev–Trinajstić information content (AvgIpc) is 2.60. The van der Waals surface area contributed by atoms with E-state index in [4.69, 9.17) is 16.3 Å². The molecule has 0 atom stereocenters. The van der Waals surface area contributed by atoms with Crippen LogP contribution in [0.25, 0.3) is 5.57 Å². The summed E-state index contributed by atoms with van der Waals surface area (Å²) < 4.78 is 5.20. The summed E-state index contributed by atoms with van der Waals surface area (Å²) in [5.41, 5.74) is 7.03. The van der Waals surface area contributed by atoms with Crippen LogP contribution in [0.15, 0.2) is 41.4 Å². The fourth-order valence-electron chi connectivity index (χ4n) is 3.84. The molecule has 0 fully saturated rings. The number of hydrogen-bond acceptors (Lipinski definition) is 3. The second kappa shape index (κ2) is 7.40. The lowest BCUT2D eigenvalue weighted by Crippen LogP contribution is -2.45. The summed E-state index contributed by atoms with van der Waals surface area (Å²) >= 11 is 6.20. The Morgan fingerprint density at radius 2 is 1.93 bits per heavy atom. The zero-order valence-electron chi connectivity index (χ0n) is 16.9. The van der Waals surface area contributed by atoms with Gasteiger partial charge >= 0.3 is 0 Å². The molecule has 2 aromatic carbocycles. The van der Waals surface area contributed by atoms with Crippen LogP contribution in [0.1, 0.15) is 44.4 Å². The van der Waals surface area contributed by atoms with E-state index in [-0.39, 0.29) is 5.54 Å². The van der Waals surface area contributed by atoms with Gasteiger partial charge in [-0.2, -0.15) is 0 Å². The molecule has 1 aliphatic rings. The van der Waals surface area contributed by atoms with Gasteiger partial charge < -0.3 is 9.64 Å². The summed E-state index contributed by atoms with van der Waals surface area (Å²) in [7, 11) is 1.61. The highest BCUT2D eigenvalue weighted by Crippen LogP contribution is 2.40. The van der Waals surface area contributed by atoms with Gasteiger partial charge in [0.15, 0.2) is 0 Å². The Kier molecular flexibility index (Phi) is 5.34. The van der Waals surface area contributed by atoms with E-state index in [1.165, 1.54) is 22.4 Å². The molecular weight excluding hydrogens is 356 g/mol. The Hall–Kier alpha value is -2.26. The van der Waals surface area contributed by atoms with Crippen LogP contribution in [0.5, 0.6) is 5.75 Å². The van der Waals surface area contributed by atoms with Gasteiger partial charge in [0.2, 0.25) is 0 Å². The van der Waals surface area contributed by atoms with Crippen LogP contribution in [-0.4, -0.2) is 25.4 Å². The third-order valence-electron chi connectivity index (χ3n) is 5.17. The van der Waals surface area contributed by atoms with Gasteiger partial charge in [-0.05, 0) is 81.7 Å². The number of hydrogen-bond donors (Lipinski definition) is 0. The lowest BCUT2D eigenvalue weighted by molar-refractivity contribution is 0.415. The largest absolute Gasteiger partial charge is 0.495 e. The molecule has 27 heavy (non-hydrogen) atoms. The maximum atomic E-state index is 6.20. The number of fused-ring (bicyclic) bond motifs is 1. The van der Waals surface area contributed by atoms with Crippen molar-refractivity contribution in [3.8, 4) is 5.75 Å². The van der Waals surface area contributed by atoms with Gasteiger partial charge in [0.25, 0.3) is 0 Å². The van der Waals surface area contributed by atoms with Crippen molar-refractivity contribution in [2.24, 2.45) is 4.99 Å². The molecule has 3 nitrogen and oxygen atoms in total. The fourth-order valence-corrected chi connectivity index (χ4v) is 4.09. The second-order valence-corrected chi connectivity index (χ2v) is 7.94. The standard InChI is InChI=1S/C23H27ClN2O/c1-7-26-21-10-15(2)17(11-19(21)16(3)13-23(26,4)5)14-25-18-8-9-22(27-6)20(24)12-18/h8-14H,7H2,1-6H3. The summed E-state index contributed by atoms with van der Waals surface area (Å²) in [4.78, 5) is 7.07. The summed E-state index contributed by atoms with van der Waals surface area (Å²) in [5, 5.41) is 0.564. The predicted octanol–water partition coefficient (Wildman–Crippen LogP) is 6.43. The lowest BCUT2D eigenvalue weighted by atomic mass is 9.87. The number of methoxy groups -OCH3 is 1. The van der Waals surface area contributed by atoms with Crippen LogP contribution in [0, 0.1) is 6.92 Å². The van der Waals surface area contributed by atoms with Crippen LogP contribution in [0.4, 0.5) is 11.4 Å². The first-order chi connectivity index (χ1) is 12.8. The number of rotatable bonds is 4. The van der Waals surface area contributed by atoms with E-state index in [2.05, 4.69) is 62.7 Å². The number of anilines is 1. The van der Waals surface area contributed by atoms with Gasteiger partial charge in [-0.3, -0.25) is 4.99 Å². The van der Waals surface area contributed by atoms with Gasteiger partial charge in [0.1, 0.15) is 5.75 Å². The zero-order valence-corrected chi connectivity index (χ0v) is 17.7. The van der Waals surface area contributed by atoms with E-state index in [1.54, 1.807) is 7.11 Å². The molecule has 0 aliphatic carbocycles. The molecule has 0 spiro atoms. The van der Waals surface area contributed by atoms with E-state index in [1.807, 2.05) is 24.4 Å². The molecule has 0 amide bonds. The number of nitrogens with zero attached hydrogens (tertiary/aromatic N) is 2. The van der Waals surface area contributed by atoms with E-state index >= 15 is 0 Å². The van der Waals surface area contributed by atoms with Crippen LogP contribution < -0.4 is 9.64 Å². The number of halogens is 1. The SMILES string of the molecule is CCN1c2cc(C)c(C=Nc3ccc(OC)c(Cl)c3)cc2C(C)=CC1(C)C. The second-order valence-electron chi connectivity index (χ2n) is 7.53. The Balaban J connectivity index is 1.99. The van der Waals surface area contributed by atoms with Crippen molar-refractivity contribution in [1.29, 1.82) is 0 Å². The first-order valence-corrected chi connectivity index (χ1v) is 9.64. The summed E-state index contributed by atoms with van der Waals surface area (Å²) in [5.74, 6) is 0.656. The van der Waals surface area contributed by atoms with Crippen molar-refractivity contribution >= 4 is 34.8 Å². The number of likely N-dealkylation sites (N-methyl/N-ethyl adjacent to an activating group) is 1. The number of ether oxygens (including phenoxy) is 1. The minimum absolute atomic E-state index is 0.0216. The minimum atomic E-state index is 0.0216. The maximum absolute atomic E-state index is 6.20. The molecule has 142 valence electrons. The third-order valence-corrected chi connectivity index (χ3v) is 5.47.